The second-order valence-corrected chi connectivity index (χ2v) is 11.1. The summed E-state index contributed by atoms with van der Waals surface area (Å²) in [5, 5.41) is 10.2. The van der Waals surface area contributed by atoms with E-state index in [2.05, 4.69) is 69.8 Å². The Morgan fingerprint density at radius 3 is 1.16 bits per heavy atom. The average molecular weight is 587 g/mol. The predicted octanol–water partition coefficient (Wildman–Crippen LogP) is 5.68. The van der Waals surface area contributed by atoms with Gasteiger partial charge in [-0.15, -0.1) is 9.97 Å². The van der Waals surface area contributed by atoms with Crippen LogP contribution in [0, 0.1) is 0 Å². The van der Waals surface area contributed by atoms with Crippen LogP contribution in [0.15, 0.2) is 133 Å². The molecule has 0 aliphatic carbocycles. The Labute approximate surface area is 260 Å². The lowest BCUT2D eigenvalue weighted by molar-refractivity contribution is -0.668. The molecule has 0 saturated heterocycles. The third kappa shape index (κ3) is 4.73. The molecule has 0 radical (unpaired) electrons. The third-order valence-corrected chi connectivity index (χ3v) is 8.22. The third-order valence-electron chi connectivity index (χ3n) is 8.22. The maximum Gasteiger partial charge on any atom is 0.387 e. The summed E-state index contributed by atoms with van der Waals surface area (Å²) in [4.78, 5) is 10.2. The Kier molecular flexibility index (Phi) is 6.45. The van der Waals surface area contributed by atoms with E-state index in [1.54, 1.807) is 0 Å². The number of fused-ring (bicyclic) bond motifs is 2. The molecule has 0 unspecified atom stereocenters. The number of nitrogens with zero attached hydrogens (tertiary/aromatic N) is 8. The van der Waals surface area contributed by atoms with Gasteiger partial charge >= 0.3 is 11.6 Å². The van der Waals surface area contributed by atoms with Crippen LogP contribution in [-0.2, 0) is 20.5 Å². The van der Waals surface area contributed by atoms with Crippen molar-refractivity contribution in [3.05, 3.63) is 145 Å². The Balaban J connectivity index is 1.29. The highest BCUT2D eigenvalue weighted by molar-refractivity contribution is 5.71. The molecule has 0 fully saturated rings. The van der Waals surface area contributed by atoms with Crippen LogP contribution in [0.5, 0.6) is 0 Å². The molecule has 8 heteroatoms. The summed E-state index contributed by atoms with van der Waals surface area (Å²) in [5.74, 6) is 3.19. The quantitative estimate of drug-likeness (QED) is 0.235. The molecule has 0 aliphatic rings. The molecule has 8 nitrogen and oxygen atoms in total. The minimum atomic E-state index is 0.490. The monoisotopic (exact) mass is 586 g/mol. The largest absolute Gasteiger partial charge is 0.387 e. The van der Waals surface area contributed by atoms with E-state index < -0.39 is 0 Å². The highest BCUT2D eigenvalue weighted by Gasteiger charge is 2.29. The summed E-state index contributed by atoms with van der Waals surface area (Å²) in [5.41, 5.74) is 7.99. The SMILES string of the molecule is C[n+]1c(Cc2nn3c(-c4ccccc4)cc(-c4ccccc4)nc3[n+]2C)nn2c(-c3ccccc3)cc(-c3ccccc3)nc21. The van der Waals surface area contributed by atoms with Crippen LogP contribution in [-0.4, -0.2) is 29.2 Å². The van der Waals surface area contributed by atoms with E-state index in [9.17, 15) is 0 Å². The van der Waals surface area contributed by atoms with Crippen LogP contribution >= 0.6 is 0 Å². The van der Waals surface area contributed by atoms with Crippen LogP contribution in [0.1, 0.15) is 11.6 Å². The van der Waals surface area contributed by atoms with Gasteiger partial charge in [0.15, 0.2) is 0 Å². The fourth-order valence-corrected chi connectivity index (χ4v) is 5.79. The lowest BCUT2D eigenvalue weighted by Crippen LogP contribution is -2.37. The van der Waals surface area contributed by atoms with Gasteiger partial charge < -0.3 is 0 Å². The molecule has 0 aliphatic heterocycles. The molecule has 0 saturated carbocycles. The van der Waals surface area contributed by atoms with Crippen molar-refractivity contribution in [2.24, 2.45) is 14.1 Å². The van der Waals surface area contributed by atoms with Gasteiger partial charge in [-0.3, -0.25) is 0 Å². The fraction of sp³-hybridized carbons (Fsp3) is 0.0811. The van der Waals surface area contributed by atoms with Crippen LogP contribution in [0.3, 0.4) is 0 Å². The van der Waals surface area contributed by atoms with Crippen LogP contribution < -0.4 is 9.13 Å². The van der Waals surface area contributed by atoms with Crippen molar-refractivity contribution in [1.29, 1.82) is 0 Å². The Hall–Kier alpha value is -6.02. The van der Waals surface area contributed by atoms with Crippen LogP contribution in [0.4, 0.5) is 0 Å². The number of hydrogen-bond acceptors (Lipinski definition) is 4. The number of aryl methyl sites for hydroxylation is 2. The van der Waals surface area contributed by atoms with Gasteiger partial charge in [0, 0.05) is 44.6 Å². The van der Waals surface area contributed by atoms with Gasteiger partial charge in [-0.1, -0.05) is 130 Å². The van der Waals surface area contributed by atoms with Crippen LogP contribution in [0.25, 0.3) is 56.6 Å². The van der Waals surface area contributed by atoms with Crippen molar-refractivity contribution in [2.45, 2.75) is 6.42 Å². The fourth-order valence-electron chi connectivity index (χ4n) is 5.79. The zero-order chi connectivity index (χ0) is 30.3. The average Bonchev–Trinajstić information content (AvgIpc) is 3.60. The summed E-state index contributed by atoms with van der Waals surface area (Å²) in [7, 11) is 4.04. The second kappa shape index (κ2) is 10.9. The summed E-state index contributed by atoms with van der Waals surface area (Å²) in [6, 6.07) is 45.4. The lowest BCUT2D eigenvalue weighted by atomic mass is 10.1. The number of aromatic nitrogens is 8. The Bertz CT molecular complexity index is 2130. The van der Waals surface area contributed by atoms with E-state index in [0.29, 0.717) is 6.42 Å². The van der Waals surface area contributed by atoms with Crippen molar-refractivity contribution in [3.8, 4) is 45.0 Å². The van der Waals surface area contributed by atoms with Gasteiger partial charge in [0.1, 0.15) is 29.2 Å². The van der Waals surface area contributed by atoms with Crippen molar-refractivity contribution in [3.63, 3.8) is 0 Å². The maximum absolute atomic E-state index is 5.11. The van der Waals surface area contributed by atoms with E-state index in [4.69, 9.17) is 20.2 Å². The van der Waals surface area contributed by atoms with Gasteiger partial charge in [-0.2, -0.15) is 0 Å². The van der Waals surface area contributed by atoms with E-state index in [1.807, 2.05) is 95.9 Å². The van der Waals surface area contributed by atoms with E-state index in [1.165, 1.54) is 0 Å². The summed E-state index contributed by atoms with van der Waals surface area (Å²) in [6.45, 7) is 0. The molecule has 0 amide bonds. The van der Waals surface area contributed by atoms with Gasteiger partial charge in [-0.05, 0) is 0 Å². The molecular weight excluding hydrogens is 556 g/mol. The first-order valence-corrected chi connectivity index (χ1v) is 14.9. The molecule has 45 heavy (non-hydrogen) atoms. The van der Waals surface area contributed by atoms with Gasteiger partial charge in [0.2, 0.25) is 0 Å². The Morgan fingerprint density at radius 1 is 0.467 bits per heavy atom. The van der Waals surface area contributed by atoms with Gasteiger partial charge in [-0.25, -0.2) is 9.13 Å². The molecule has 4 heterocycles. The first kappa shape index (κ1) is 26.6. The predicted molar refractivity (Wildman–Crippen MR) is 173 cm³/mol. The molecule has 4 aromatic heterocycles. The molecule has 0 N–H and O–H groups in total. The normalized spacial score (nSPS) is 11.4. The minimum absolute atomic E-state index is 0.490. The smallest absolute Gasteiger partial charge is 0.224 e. The molecule has 8 rings (SSSR count). The molecule has 4 aromatic carbocycles. The standard InChI is InChI=1S/C37H30N8/c1-42-34(40-44-32(28-19-11-5-12-20-28)23-30(38-36(42)44)26-15-7-3-8-16-26)25-35-41-45-33(29-21-13-6-14-22-29)24-31(39-37(45)43(35)2)27-17-9-4-10-18-27/h3-24H,25H2,1-2H3/q+2. The molecule has 0 spiro atoms. The molecule has 0 atom stereocenters. The molecule has 8 aromatic rings. The molecular formula is C37H30N8+2. The zero-order valence-corrected chi connectivity index (χ0v) is 25.0. The highest BCUT2D eigenvalue weighted by Crippen LogP contribution is 2.27. The van der Waals surface area contributed by atoms with Crippen LogP contribution in [0.2, 0.25) is 0 Å². The van der Waals surface area contributed by atoms with Crippen molar-refractivity contribution >= 4 is 11.6 Å². The lowest BCUT2D eigenvalue weighted by Gasteiger charge is -2.03. The first-order chi connectivity index (χ1) is 22.1. The summed E-state index contributed by atoms with van der Waals surface area (Å²) < 4.78 is 8.00. The topological polar surface area (TPSA) is 68.1 Å². The van der Waals surface area contributed by atoms with Crippen molar-refractivity contribution < 1.29 is 9.13 Å². The minimum Gasteiger partial charge on any atom is -0.224 e. The summed E-state index contributed by atoms with van der Waals surface area (Å²) >= 11 is 0. The summed E-state index contributed by atoms with van der Waals surface area (Å²) in [6.07, 6.45) is 0.490. The van der Waals surface area contributed by atoms with Gasteiger partial charge in [0.05, 0.1) is 14.1 Å². The zero-order valence-electron chi connectivity index (χ0n) is 25.0. The number of hydrogen-bond donors (Lipinski definition) is 0. The van der Waals surface area contributed by atoms with E-state index >= 15 is 0 Å². The highest BCUT2D eigenvalue weighted by atomic mass is 15.4. The molecule has 0 bridgehead atoms. The van der Waals surface area contributed by atoms with Crippen molar-refractivity contribution in [1.82, 2.24) is 29.2 Å². The molecule has 216 valence electrons. The number of benzene rings is 4. The number of rotatable bonds is 6. The van der Waals surface area contributed by atoms with E-state index in [0.717, 1.165) is 68.2 Å². The van der Waals surface area contributed by atoms with Gasteiger partial charge in [0.25, 0.3) is 11.6 Å². The van der Waals surface area contributed by atoms with E-state index in [-0.39, 0.29) is 0 Å². The second-order valence-electron chi connectivity index (χ2n) is 11.1. The Morgan fingerprint density at radius 2 is 0.800 bits per heavy atom. The van der Waals surface area contributed by atoms with Crippen molar-refractivity contribution in [2.75, 3.05) is 0 Å². The maximum atomic E-state index is 5.11. The first-order valence-electron chi connectivity index (χ1n) is 14.9.